The van der Waals surface area contributed by atoms with Gasteiger partial charge in [0.05, 0.1) is 32.0 Å². The Balaban J connectivity index is 1.54. The minimum atomic E-state index is -0.434. The van der Waals surface area contributed by atoms with Crippen molar-refractivity contribution in [1.29, 1.82) is 0 Å². The molecule has 0 spiro atoms. The molecule has 0 saturated carbocycles. The lowest BCUT2D eigenvalue weighted by atomic mass is 9.77. The third kappa shape index (κ3) is 7.76. The first-order valence-corrected chi connectivity index (χ1v) is 12.2. The van der Waals surface area contributed by atoms with Crippen LogP contribution in [0.2, 0.25) is 0 Å². The zero-order chi connectivity index (χ0) is 23.7. The standard InChI is InChI=1S/C29H38N2O3/c30-18-10-20-32-22-24-34-25-23-33-21-11-19-31-29(26-12-4-1-5-13-26,27-14-6-2-7-15-27)28-16-8-3-9-17-28/h1-9,12-17,31H,10-11,18-25,30H2. The Labute approximate surface area is 204 Å². The summed E-state index contributed by atoms with van der Waals surface area (Å²) in [7, 11) is 0. The summed E-state index contributed by atoms with van der Waals surface area (Å²) in [6.45, 7) is 5.20. The SMILES string of the molecule is NCCCOCCOCCOCCCNC(c1ccccc1)(c1ccccc1)c1ccccc1. The lowest BCUT2D eigenvalue weighted by Gasteiger charge is -2.37. The van der Waals surface area contributed by atoms with Gasteiger partial charge in [0.1, 0.15) is 0 Å². The quantitative estimate of drug-likeness (QED) is 0.231. The zero-order valence-corrected chi connectivity index (χ0v) is 20.0. The fourth-order valence-corrected chi connectivity index (χ4v) is 4.05. The lowest BCUT2D eigenvalue weighted by molar-refractivity contribution is 0.0139. The average Bonchev–Trinajstić information content (AvgIpc) is 2.91. The highest BCUT2D eigenvalue weighted by Crippen LogP contribution is 2.36. The van der Waals surface area contributed by atoms with Crippen molar-refractivity contribution in [2.24, 2.45) is 5.73 Å². The Morgan fingerprint density at radius 1 is 0.529 bits per heavy atom. The second-order valence-corrected chi connectivity index (χ2v) is 8.11. The third-order valence-electron chi connectivity index (χ3n) is 5.71. The van der Waals surface area contributed by atoms with E-state index in [9.17, 15) is 0 Å². The van der Waals surface area contributed by atoms with Gasteiger partial charge in [0.25, 0.3) is 0 Å². The van der Waals surface area contributed by atoms with E-state index in [2.05, 4.69) is 96.3 Å². The predicted octanol–water partition coefficient (Wildman–Crippen LogP) is 4.36. The molecule has 0 fully saturated rings. The summed E-state index contributed by atoms with van der Waals surface area (Å²) < 4.78 is 16.8. The Morgan fingerprint density at radius 2 is 0.912 bits per heavy atom. The smallest absolute Gasteiger partial charge is 0.0947 e. The molecule has 3 rings (SSSR count). The van der Waals surface area contributed by atoms with Crippen LogP contribution in [-0.4, -0.2) is 52.7 Å². The van der Waals surface area contributed by atoms with Gasteiger partial charge in [0.15, 0.2) is 0 Å². The van der Waals surface area contributed by atoms with Crippen LogP contribution >= 0.6 is 0 Å². The van der Waals surface area contributed by atoms with Crippen molar-refractivity contribution >= 4 is 0 Å². The summed E-state index contributed by atoms with van der Waals surface area (Å²) in [5, 5.41) is 3.88. The van der Waals surface area contributed by atoms with Gasteiger partial charge in [-0.2, -0.15) is 0 Å². The molecule has 0 unspecified atom stereocenters. The van der Waals surface area contributed by atoms with Crippen LogP contribution < -0.4 is 11.1 Å². The van der Waals surface area contributed by atoms with Gasteiger partial charge in [-0.05, 0) is 42.6 Å². The molecule has 0 aliphatic rings. The van der Waals surface area contributed by atoms with E-state index in [1.807, 2.05) is 0 Å². The summed E-state index contributed by atoms with van der Waals surface area (Å²) in [5.74, 6) is 0. The number of ether oxygens (including phenoxy) is 3. The van der Waals surface area contributed by atoms with Crippen LogP contribution in [0.3, 0.4) is 0 Å². The van der Waals surface area contributed by atoms with Gasteiger partial charge in [-0.25, -0.2) is 0 Å². The molecule has 0 heterocycles. The monoisotopic (exact) mass is 462 g/mol. The Kier molecular flexibility index (Phi) is 11.8. The normalized spacial score (nSPS) is 11.6. The molecule has 0 aromatic heterocycles. The van der Waals surface area contributed by atoms with E-state index in [0.717, 1.165) is 19.4 Å². The van der Waals surface area contributed by atoms with Crippen molar-refractivity contribution in [3.05, 3.63) is 108 Å². The van der Waals surface area contributed by atoms with E-state index in [-0.39, 0.29) is 0 Å². The molecule has 0 atom stereocenters. The molecule has 0 aliphatic heterocycles. The van der Waals surface area contributed by atoms with Gasteiger partial charge < -0.3 is 19.9 Å². The van der Waals surface area contributed by atoms with Crippen LogP contribution in [0.15, 0.2) is 91.0 Å². The van der Waals surface area contributed by atoms with Crippen molar-refractivity contribution in [2.75, 3.05) is 52.7 Å². The van der Waals surface area contributed by atoms with E-state index >= 15 is 0 Å². The maximum absolute atomic E-state index is 5.79. The summed E-state index contributed by atoms with van der Waals surface area (Å²) in [4.78, 5) is 0. The second-order valence-electron chi connectivity index (χ2n) is 8.11. The van der Waals surface area contributed by atoms with E-state index in [4.69, 9.17) is 19.9 Å². The highest BCUT2D eigenvalue weighted by atomic mass is 16.5. The van der Waals surface area contributed by atoms with Gasteiger partial charge in [0.2, 0.25) is 0 Å². The van der Waals surface area contributed by atoms with E-state index in [0.29, 0.717) is 46.2 Å². The molecule has 5 nitrogen and oxygen atoms in total. The Bertz CT molecular complexity index is 794. The minimum Gasteiger partial charge on any atom is -0.379 e. The van der Waals surface area contributed by atoms with Gasteiger partial charge in [-0.1, -0.05) is 91.0 Å². The third-order valence-corrected chi connectivity index (χ3v) is 5.71. The topological polar surface area (TPSA) is 65.7 Å². The van der Waals surface area contributed by atoms with Crippen molar-refractivity contribution < 1.29 is 14.2 Å². The first-order chi connectivity index (χ1) is 16.9. The molecule has 5 heteroatoms. The molecule has 0 saturated heterocycles. The number of rotatable bonds is 17. The molecule has 0 aliphatic carbocycles. The van der Waals surface area contributed by atoms with Gasteiger partial charge >= 0.3 is 0 Å². The largest absolute Gasteiger partial charge is 0.379 e. The number of benzene rings is 3. The summed E-state index contributed by atoms with van der Waals surface area (Å²) in [6, 6.07) is 32.0. The Morgan fingerprint density at radius 3 is 1.32 bits per heavy atom. The Hall–Kier alpha value is -2.54. The molecule has 3 N–H and O–H groups in total. The zero-order valence-electron chi connectivity index (χ0n) is 20.0. The fourth-order valence-electron chi connectivity index (χ4n) is 4.05. The fraction of sp³-hybridized carbons (Fsp3) is 0.379. The van der Waals surface area contributed by atoms with E-state index in [1.165, 1.54) is 16.7 Å². The molecule has 0 radical (unpaired) electrons. The summed E-state index contributed by atoms with van der Waals surface area (Å²) in [6.07, 6.45) is 1.79. The van der Waals surface area contributed by atoms with Crippen LogP contribution in [-0.2, 0) is 19.7 Å². The van der Waals surface area contributed by atoms with Gasteiger partial charge in [-0.15, -0.1) is 0 Å². The minimum absolute atomic E-state index is 0.434. The molecule has 3 aromatic rings. The van der Waals surface area contributed by atoms with E-state index in [1.54, 1.807) is 0 Å². The van der Waals surface area contributed by atoms with E-state index < -0.39 is 5.54 Å². The molecule has 0 amide bonds. The van der Waals surface area contributed by atoms with Crippen LogP contribution in [0.5, 0.6) is 0 Å². The molecular weight excluding hydrogens is 424 g/mol. The molecule has 34 heavy (non-hydrogen) atoms. The van der Waals surface area contributed by atoms with Crippen molar-refractivity contribution in [2.45, 2.75) is 18.4 Å². The first kappa shape index (κ1) is 26.1. The number of nitrogens with one attached hydrogen (secondary N) is 1. The highest BCUT2D eigenvalue weighted by molar-refractivity contribution is 5.49. The molecule has 182 valence electrons. The first-order valence-electron chi connectivity index (χ1n) is 12.2. The highest BCUT2D eigenvalue weighted by Gasteiger charge is 2.35. The maximum atomic E-state index is 5.79. The summed E-state index contributed by atoms with van der Waals surface area (Å²) >= 11 is 0. The van der Waals surface area contributed by atoms with Crippen molar-refractivity contribution in [3.8, 4) is 0 Å². The molecular formula is C29H38N2O3. The molecule has 0 bridgehead atoms. The van der Waals surface area contributed by atoms with Crippen molar-refractivity contribution in [1.82, 2.24) is 5.32 Å². The number of nitrogens with two attached hydrogens (primary N) is 1. The maximum Gasteiger partial charge on any atom is 0.0947 e. The molecule has 3 aromatic carbocycles. The average molecular weight is 463 g/mol. The summed E-state index contributed by atoms with van der Waals surface area (Å²) in [5.41, 5.74) is 8.66. The number of hydrogen-bond acceptors (Lipinski definition) is 5. The van der Waals surface area contributed by atoms with Gasteiger partial charge in [-0.3, -0.25) is 5.32 Å². The lowest BCUT2D eigenvalue weighted by Crippen LogP contribution is -2.45. The van der Waals surface area contributed by atoms with Gasteiger partial charge in [0, 0.05) is 13.2 Å². The second kappa shape index (κ2) is 15.4. The van der Waals surface area contributed by atoms with Crippen LogP contribution in [0, 0.1) is 0 Å². The van der Waals surface area contributed by atoms with Crippen molar-refractivity contribution in [3.63, 3.8) is 0 Å². The van der Waals surface area contributed by atoms with Crippen LogP contribution in [0.25, 0.3) is 0 Å². The van der Waals surface area contributed by atoms with Crippen LogP contribution in [0.1, 0.15) is 29.5 Å². The van der Waals surface area contributed by atoms with Crippen LogP contribution in [0.4, 0.5) is 0 Å². The number of hydrogen-bond donors (Lipinski definition) is 2. The predicted molar refractivity (Wildman–Crippen MR) is 138 cm³/mol.